The molecule has 0 spiro atoms. The first-order valence-corrected chi connectivity index (χ1v) is 12.2. The van der Waals surface area contributed by atoms with Crippen molar-refractivity contribution in [1.29, 1.82) is 5.26 Å². The lowest BCUT2D eigenvalue weighted by Gasteiger charge is -2.27. The molecule has 1 N–H and O–H groups in total. The van der Waals surface area contributed by atoms with Gasteiger partial charge in [-0.2, -0.15) is 5.26 Å². The highest BCUT2D eigenvalue weighted by Crippen LogP contribution is 2.39. The number of hydrogen-bond donors (Lipinski definition) is 1. The molecular formula is C26H25N5O2S. The Balaban J connectivity index is 1.42. The van der Waals surface area contributed by atoms with Gasteiger partial charge in [0.2, 0.25) is 5.89 Å². The Morgan fingerprint density at radius 1 is 1.24 bits per heavy atom. The van der Waals surface area contributed by atoms with Crippen LogP contribution in [0.2, 0.25) is 0 Å². The average Bonchev–Trinajstić information content (AvgIpc) is 3.55. The maximum atomic E-state index is 9.57. The average molecular weight is 472 g/mol. The first-order chi connectivity index (χ1) is 16.6. The van der Waals surface area contributed by atoms with Crippen molar-refractivity contribution in [1.82, 2.24) is 20.5 Å². The third-order valence-corrected chi connectivity index (χ3v) is 6.86. The van der Waals surface area contributed by atoms with Crippen molar-refractivity contribution in [3.05, 3.63) is 71.4 Å². The summed E-state index contributed by atoms with van der Waals surface area (Å²) in [5.74, 6) is 1.28. The van der Waals surface area contributed by atoms with Crippen molar-refractivity contribution >= 4 is 11.3 Å². The maximum absolute atomic E-state index is 9.57. The molecule has 4 aromatic rings. The van der Waals surface area contributed by atoms with E-state index in [2.05, 4.69) is 44.8 Å². The van der Waals surface area contributed by atoms with Gasteiger partial charge in [0, 0.05) is 17.2 Å². The maximum Gasteiger partial charge on any atom is 0.207 e. The monoisotopic (exact) mass is 471 g/mol. The molecule has 7 nitrogen and oxygen atoms in total. The smallest absolute Gasteiger partial charge is 0.207 e. The van der Waals surface area contributed by atoms with Gasteiger partial charge in [0.25, 0.3) is 0 Å². The van der Waals surface area contributed by atoms with Crippen LogP contribution in [0.25, 0.3) is 21.1 Å². The first kappa shape index (κ1) is 22.3. The van der Waals surface area contributed by atoms with Gasteiger partial charge in [0.15, 0.2) is 0 Å². The molecule has 0 amide bonds. The number of nitrogens with zero attached hydrogens (tertiary/aromatic N) is 4. The summed E-state index contributed by atoms with van der Waals surface area (Å²) in [5.41, 5.74) is 5.12. The highest BCUT2D eigenvalue weighted by Gasteiger charge is 2.24. The van der Waals surface area contributed by atoms with Gasteiger partial charge in [0.05, 0.1) is 24.4 Å². The van der Waals surface area contributed by atoms with Crippen LogP contribution in [-0.2, 0) is 13.0 Å². The molecule has 0 radical (unpaired) electrons. The van der Waals surface area contributed by atoms with Gasteiger partial charge in [-0.25, -0.2) is 4.98 Å². The SMILES string of the molecule is CC(C)Oc1ccc(-c2nnc(-c3cccc4c3CCC[C@@H]4NCc3ncco3)s2)cc1C#N. The summed E-state index contributed by atoms with van der Waals surface area (Å²) in [5, 5.41) is 23.8. The van der Waals surface area contributed by atoms with Crippen molar-refractivity contribution in [3.8, 4) is 33.0 Å². The van der Waals surface area contributed by atoms with Crippen LogP contribution in [-0.4, -0.2) is 21.3 Å². The van der Waals surface area contributed by atoms with E-state index in [9.17, 15) is 5.26 Å². The topological polar surface area (TPSA) is 96.9 Å². The summed E-state index contributed by atoms with van der Waals surface area (Å²) in [6.45, 7) is 4.49. The Hall–Kier alpha value is -3.54. The van der Waals surface area contributed by atoms with E-state index < -0.39 is 0 Å². The van der Waals surface area contributed by atoms with Gasteiger partial charge in [0.1, 0.15) is 28.1 Å². The minimum absolute atomic E-state index is 0.00370. The zero-order chi connectivity index (χ0) is 23.5. The van der Waals surface area contributed by atoms with Crippen LogP contribution in [0.5, 0.6) is 5.75 Å². The number of aromatic nitrogens is 3. The lowest BCUT2D eigenvalue weighted by molar-refractivity contribution is 0.242. The van der Waals surface area contributed by atoms with Gasteiger partial charge >= 0.3 is 0 Å². The molecule has 34 heavy (non-hydrogen) atoms. The van der Waals surface area contributed by atoms with Gasteiger partial charge in [-0.05, 0) is 62.4 Å². The molecule has 172 valence electrons. The van der Waals surface area contributed by atoms with Gasteiger partial charge in [-0.1, -0.05) is 29.5 Å². The van der Waals surface area contributed by atoms with E-state index in [1.54, 1.807) is 23.8 Å². The van der Waals surface area contributed by atoms with Gasteiger partial charge in [-0.15, -0.1) is 10.2 Å². The number of nitriles is 1. The molecule has 0 saturated heterocycles. The lowest BCUT2D eigenvalue weighted by atomic mass is 9.85. The number of hydrogen-bond acceptors (Lipinski definition) is 8. The summed E-state index contributed by atoms with van der Waals surface area (Å²) >= 11 is 1.55. The predicted octanol–water partition coefficient (Wildman–Crippen LogP) is 5.69. The minimum atomic E-state index is 0.00370. The highest BCUT2D eigenvalue weighted by atomic mass is 32.1. The summed E-state index contributed by atoms with van der Waals surface area (Å²) in [7, 11) is 0. The fraction of sp³-hybridized carbons (Fsp3) is 0.308. The van der Waals surface area contributed by atoms with Crippen molar-refractivity contribution in [2.75, 3.05) is 0 Å². The molecule has 0 bridgehead atoms. The Kier molecular flexibility index (Phi) is 6.39. The van der Waals surface area contributed by atoms with Crippen LogP contribution in [0, 0.1) is 11.3 Å². The zero-order valence-electron chi connectivity index (χ0n) is 19.1. The van der Waals surface area contributed by atoms with E-state index >= 15 is 0 Å². The molecule has 1 atom stereocenters. The molecule has 0 saturated carbocycles. The van der Waals surface area contributed by atoms with E-state index in [1.165, 1.54) is 11.1 Å². The van der Waals surface area contributed by atoms with Crippen LogP contribution in [0.3, 0.4) is 0 Å². The largest absolute Gasteiger partial charge is 0.490 e. The summed E-state index contributed by atoms with van der Waals surface area (Å²) in [4.78, 5) is 4.21. The van der Waals surface area contributed by atoms with Crippen LogP contribution < -0.4 is 10.1 Å². The molecule has 0 aliphatic heterocycles. The second-order valence-electron chi connectivity index (χ2n) is 8.53. The summed E-state index contributed by atoms with van der Waals surface area (Å²) in [6, 6.07) is 14.5. The second-order valence-corrected chi connectivity index (χ2v) is 9.50. The molecule has 2 heterocycles. The van der Waals surface area contributed by atoms with Crippen LogP contribution in [0.4, 0.5) is 0 Å². The van der Waals surface area contributed by atoms with Crippen molar-refractivity contribution in [3.63, 3.8) is 0 Å². The third kappa shape index (κ3) is 4.58. The molecule has 5 rings (SSSR count). The number of benzene rings is 2. The number of oxazole rings is 1. The molecule has 1 aliphatic carbocycles. The number of fused-ring (bicyclic) bond motifs is 1. The normalized spacial score (nSPS) is 15.2. The Labute approximate surface area is 202 Å². The molecule has 0 fully saturated rings. The van der Waals surface area contributed by atoms with Crippen LogP contribution in [0.1, 0.15) is 55.3 Å². The van der Waals surface area contributed by atoms with Crippen LogP contribution in [0.15, 0.2) is 53.3 Å². The zero-order valence-corrected chi connectivity index (χ0v) is 19.9. The molecule has 0 unspecified atom stereocenters. The second kappa shape index (κ2) is 9.75. The lowest BCUT2D eigenvalue weighted by Crippen LogP contribution is -2.25. The minimum Gasteiger partial charge on any atom is -0.490 e. The molecular weight excluding hydrogens is 446 g/mol. The molecule has 8 heteroatoms. The first-order valence-electron chi connectivity index (χ1n) is 11.4. The highest BCUT2D eigenvalue weighted by molar-refractivity contribution is 7.17. The number of rotatable bonds is 7. The van der Waals surface area contributed by atoms with E-state index in [1.807, 2.05) is 32.0 Å². The molecule has 2 aromatic heterocycles. The number of nitrogens with one attached hydrogen (secondary N) is 1. The Bertz CT molecular complexity index is 1320. The molecule has 2 aromatic carbocycles. The Morgan fingerprint density at radius 3 is 2.91 bits per heavy atom. The van der Waals surface area contributed by atoms with Gasteiger partial charge in [-0.3, -0.25) is 0 Å². The van der Waals surface area contributed by atoms with E-state index in [4.69, 9.17) is 9.15 Å². The van der Waals surface area contributed by atoms with Gasteiger partial charge < -0.3 is 14.5 Å². The third-order valence-electron chi connectivity index (χ3n) is 5.86. The predicted molar refractivity (Wildman–Crippen MR) is 130 cm³/mol. The fourth-order valence-electron chi connectivity index (χ4n) is 4.37. The van der Waals surface area contributed by atoms with Crippen molar-refractivity contribution in [2.24, 2.45) is 0 Å². The van der Waals surface area contributed by atoms with Crippen molar-refractivity contribution < 1.29 is 9.15 Å². The van der Waals surface area contributed by atoms with E-state index in [0.29, 0.717) is 23.7 Å². The van der Waals surface area contributed by atoms with E-state index in [-0.39, 0.29) is 12.1 Å². The summed E-state index contributed by atoms with van der Waals surface area (Å²) in [6.07, 6.45) is 6.45. The van der Waals surface area contributed by atoms with E-state index in [0.717, 1.165) is 40.4 Å². The Morgan fingerprint density at radius 2 is 2.12 bits per heavy atom. The number of ether oxygens (including phenoxy) is 1. The molecule has 1 aliphatic rings. The standard InChI is InChI=1S/C26H25N5O2S/c1-16(2)33-23-10-9-17(13-18(23)14-27)25-30-31-26(34-25)21-7-3-6-20-19(21)5-4-8-22(20)29-15-24-28-11-12-32-24/h3,6-7,9-13,16,22,29H,4-5,8,15H2,1-2H3/t22-/m0/s1. The van der Waals surface area contributed by atoms with Crippen molar-refractivity contribution in [2.45, 2.75) is 51.8 Å². The summed E-state index contributed by atoms with van der Waals surface area (Å²) < 4.78 is 11.1. The quantitative estimate of drug-likeness (QED) is 0.370. The van der Waals surface area contributed by atoms with Crippen LogP contribution >= 0.6 is 11.3 Å². The fourth-order valence-corrected chi connectivity index (χ4v) is 5.26.